The van der Waals surface area contributed by atoms with Crippen LogP contribution in [0.25, 0.3) is 0 Å². The van der Waals surface area contributed by atoms with Gasteiger partial charge in [0, 0.05) is 41.9 Å². The molecule has 0 unspecified atom stereocenters. The number of anilines is 1. The summed E-state index contributed by atoms with van der Waals surface area (Å²) in [5, 5.41) is 15.0. The number of benzene rings is 2. The third-order valence-corrected chi connectivity index (χ3v) is 4.77. The molecule has 2 aromatic rings. The highest BCUT2D eigenvalue weighted by molar-refractivity contribution is 6.35. The predicted molar refractivity (Wildman–Crippen MR) is 119 cm³/mol. The Morgan fingerprint density at radius 1 is 1.21 bits per heavy atom. The van der Waals surface area contributed by atoms with Crippen molar-refractivity contribution in [2.24, 2.45) is 5.10 Å². The fraction of sp³-hybridized carbons (Fsp3) is 0.333. The minimum atomic E-state index is -0.244. The second-order valence-electron chi connectivity index (χ2n) is 6.24. The Balaban J connectivity index is 1.76. The maximum atomic E-state index is 11.9. The fourth-order valence-electron chi connectivity index (χ4n) is 2.66. The molecule has 29 heavy (non-hydrogen) atoms. The molecule has 0 saturated heterocycles. The summed E-state index contributed by atoms with van der Waals surface area (Å²) in [6.07, 6.45) is 2.17. The molecule has 0 aliphatic carbocycles. The van der Waals surface area contributed by atoms with Crippen molar-refractivity contribution in [1.29, 1.82) is 0 Å². The van der Waals surface area contributed by atoms with Gasteiger partial charge in [0.1, 0.15) is 11.5 Å². The summed E-state index contributed by atoms with van der Waals surface area (Å²) in [5.74, 6) is 0.394. The largest absolute Gasteiger partial charge is 0.507 e. The number of aromatic hydroxyl groups is 1. The van der Waals surface area contributed by atoms with Gasteiger partial charge in [-0.15, -0.1) is 0 Å². The lowest BCUT2D eigenvalue weighted by Crippen LogP contribution is -2.21. The fourth-order valence-corrected chi connectivity index (χ4v) is 3.13. The molecule has 0 spiro atoms. The molecule has 0 bridgehead atoms. The first-order valence-electron chi connectivity index (χ1n) is 9.42. The third-order valence-electron chi connectivity index (χ3n) is 4.24. The molecule has 6 nitrogen and oxygen atoms in total. The van der Waals surface area contributed by atoms with Crippen LogP contribution in [0.4, 0.5) is 5.69 Å². The molecule has 2 rings (SSSR count). The van der Waals surface area contributed by atoms with Gasteiger partial charge in [-0.25, -0.2) is 5.43 Å². The van der Waals surface area contributed by atoms with E-state index in [1.54, 1.807) is 30.3 Å². The Morgan fingerprint density at radius 2 is 1.97 bits per heavy atom. The summed E-state index contributed by atoms with van der Waals surface area (Å²) >= 11 is 11.9. The quantitative estimate of drug-likeness (QED) is 0.316. The molecule has 8 heteroatoms. The third kappa shape index (κ3) is 7.15. The van der Waals surface area contributed by atoms with E-state index in [9.17, 15) is 9.90 Å². The van der Waals surface area contributed by atoms with Crippen LogP contribution in [-0.4, -0.2) is 36.9 Å². The first-order valence-corrected chi connectivity index (χ1v) is 10.2. The topological polar surface area (TPSA) is 74.2 Å². The van der Waals surface area contributed by atoms with Crippen molar-refractivity contribution in [3.8, 4) is 11.5 Å². The molecule has 0 heterocycles. The Bertz CT molecular complexity index is 855. The first kappa shape index (κ1) is 22.8. The summed E-state index contributed by atoms with van der Waals surface area (Å²) in [6, 6.07) is 10.3. The number of ether oxygens (including phenoxy) is 1. The number of hydrogen-bond acceptors (Lipinski definition) is 5. The molecule has 0 aliphatic heterocycles. The second-order valence-corrected chi connectivity index (χ2v) is 7.08. The van der Waals surface area contributed by atoms with E-state index in [1.165, 1.54) is 6.21 Å². The van der Waals surface area contributed by atoms with Crippen LogP contribution in [0.3, 0.4) is 0 Å². The zero-order valence-electron chi connectivity index (χ0n) is 16.5. The molecule has 2 N–H and O–H groups in total. The monoisotopic (exact) mass is 437 g/mol. The number of phenolic OH excluding ortho intramolecular Hbond substituents is 1. The van der Waals surface area contributed by atoms with Gasteiger partial charge >= 0.3 is 0 Å². The van der Waals surface area contributed by atoms with Crippen molar-refractivity contribution in [3.05, 3.63) is 52.0 Å². The van der Waals surface area contributed by atoms with Crippen molar-refractivity contribution in [2.45, 2.75) is 26.7 Å². The highest BCUT2D eigenvalue weighted by Crippen LogP contribution is 2.27. The van der Waals surface area contributed by atoms with E-state index in [1.807, 2.05) is 6.07 Å². The van der Waals surface area contributed by atoms with E-state index in [0.29, 0.717) is 34.4 Å². The van der Waals surface area contributed by atoms with E-state index >= 15 is 0 Å². The number of amides is 1. The zero-order chi connectivity index (χ0) is 21.2. The smallest absolute Gasteiger partial charge is 0.240 e. The molecular weight excluding hydrogens is 413 g/mol. The van der Waals surface area contributed by atoms with E-state index in [4.69, 9.17) is 27.9 Å². The van der Waals surface area contributed by atoms with E-state index < -0.39 is 0 Å². The van der Waals surface area contributed by atoms with Crippen molar-refractivity contribution in [3.63, 3.8) is 0 Å². The lowest BCUT2D eigenvalue weighted by Gasteiger charge is -2.21. The maximum Gasteiger partial charge on any atom is 0.240 e. The number of nitrogens with one attached hydrogen (secondary N) is 1. The second kappa shape index (κ2) is 11.5. The SMILES string of the molecule is CCN(CC)c1ccc(/C=N/NC(=O)CCCOc2ccc(Cl)cc2Cl)c(O)c1. The lowest BCUT2D eigenvalue weighted by molar-refractivity contribution is -0.121. The molecule has 1 amide bonds. The molecule has 0 aromatic heterocycles. The number of hydrazone groups is 1. The van der Waals surface area contributed by atoms with Crippen LogP contribution in [0.5, 0.6) is 11.5 Å². The van der Waals surface area contributed by atoms with Crippen molar-refractivity contribution < 1.29 is 14.6 Å². The summed E-state index contributed by atoms with van der Waals surface area (Å²) in [5.41, 5.74) is 3.91. The van der Waals surface area contributed by atoms with Gasteiger partial charge in [-0.2, -0.15) is 5.10 Å². The molecule has 0 aliphatic rings. The normalized spacial score (nSPS) is 10.9. The number of rotatable bonds is 10. The van der Waals surface area contributed by atoms with Gasteiger partial charge < -0.3 is 14.7 Å². The Kier molecular flexibility index (Phi) is 9.09. The molecule has 2 aromatic carbocycles. The molecule has 0 saturated carbocycles. The van der Waals surface area contributed by atoms with Crippen LogP contribution in [0.2, 0.25) is 10.0 Å². The van der Waals surface area contributed by atoms with Crippen molar-refractivity contribution >= 4 is 41.0 Å². The Labute approximate surface area is 181 Å². The summed E-state index contributed by atoms with van der Waals surface area (Å²) in [6.45, 7) is 6.16. The summed E-state index contributed by atoms with van der Waals surface area (Å²) < 4.78 is 5.53. The molecule has 156 valence electrons. The van der Waals surface area contributed by atoms with Crippen molar-refractivity contribution in [2.75, 3.05) is 24.6 Å². The molecule has 0 radical (unpaired) electrons. The van der Waals surface area contributed by atoms with Gasteiger partial charge in [0.25, 0.3) is 0 Å². The van der Waals surface area contributed by atoms with Gasteiger partial charge in [0.15, 0.2) is 0 Å². The number of carbonyl (C=O) groups excluding carboxylic acids is 1. The highest BCUT2D eigenvalue weighted by Gasteiger charge is 2.06. The summed E-state index contributed by atoms with van der Waals surface area (Å²) in [7, 11) is 0. The van der Waals surface area contributed by atoms with Crippen molar-refractivity contribution in [1.82, 2.24) is 5.43 Å². The van der Waals surface area contributed by atoms with E-state index in [2.05, 4.69) is 29.3 Å². The maximum absolute atomic E-state index is 11.9. The number of halogens is 2. The van der Waals surface area contributed by atoms with Gasteiger partial charge in [0.2, 0.25) is 5.91 Å². The average molecular weight is 438 g/mol. The van der Waals surface area contributed by atoms with Crippen LogP contribution in [0.1, 0.15) is 32.3 Å². The van der Waals surface area contributed by atoms with Crippen LogP contribution in [0.15, 0.2) is 41.5 Å². The number of phenols is 1. The summed E-state index contributed by atoms with van der Waals surface area (Å²) in [4.78, 5) is 14.0. The number of hydrogen-bond donors (Lipinski definition) is 2. The van der Waals surface area contributed by atoms with Crippen LogP contribution >= 0.6 is 23.2 Å². The minimum absolute atomic E-state index is 0.112. The minimum Gasteiger partial charge on any atom is -0.507 e. The molecule has 0 atom stereocenters. The highest BCUT2D eigenvalue weighted by atomic mass is 35.5. The van der Waals surface area contributed by atoms with Gasteiger partial charge in [-0.05, 0) is 50.6 Å². The van der Waals surface area contributed by atoms with Crippen LogP contribution in [-0.2, 0) is 4.79 Å². The first-order chi connectivity index (χ1) is 13.9. The van der Waals surface area contributed by atoms with Gasteiger partial charge in [-0.3, -0.25) is 4.79 Å². The predicted octanol–water partition coefficient (Wildman–Crippen LogP) is 4.85. The Hall–Kier alpha value is -2.44. The molecule has 0 fully saturated rings. The van der Waals surface area contributed by atoms with E-state index in [-0.39, 0.29) is 18.1 Å². The van der Waals surface area contributed by atoms with Crippen LogP contribution < -0.4 is 15.1 Å². The average Bonchev–Trinajstić information content (AvgIpc) is 2.69. The van der Waals surface area contributed by atoms with Crippen LogP contribution in [0, 0.1) is 0 Å². The zero-order valence-corrected chi connectivity index (χ0v) is 18.0. The Morgan fingerprint density at radius 3 is 2.62 bits per heavy atom. The lowest BCUT2D eigenvalue weighted by atomic mass is 10.2. The standard InChI is InChI=1S/C21H25Cl2N3O3/c1-3-26(4-2)17-9-7-15(19(27)13-17)14-24-25-21(28)6-5-11-29-20-10-8-16(22)12-18(20)23/h7-10,12-14,27H,3-6,11H2,1-2H3,(H,25,28)/b24-14+. The van der Waals surface area contributed by atoms with Gasteiger partial charge in [-0.1, -0.05) is 23.2 Å². The van der Waals surface area contributed by atoms with Gasteiger partial charge in [0.05, 0.1) is 17.8 Å². The number of nitrogens with zero attached hydrogens (tertiary/aromatic N) is 2. The number of carbonyl (C=O) groups is 1. The molecular formula is C21H25Cl2N3O3. The van der Waals surface area contributed by atoms with E-state index in [0.717, 1.165) is 18.8 Å².